The standard InChI is InChI=1S/C17H18N2O3S/c18-23(21,22)14-8-6-12(7-9-14)11-19-17(20)16-10-15(16)13-4-2-1-3-5-13/h1-9,15-16H,10-11H2,(H,19,20)(H2,18,21,22)/t15-,16+/m1/s1. The number of nitrogens with one attached hydrogen (secondary N) is 1. The third-order valence-corrected chi connectivity index (χ3v) is 5.00. The van der Waals surface area contributed by atoms with Crippen molar-refractivity contribution in [2.45, 2.75) is 23.8 Å². The quantitative estimate of drug-likeness (QED) is 0.875. The van der Waals surface area contributed by atoms with E-state index in [9.17, 15) is 13.2 Å². The number of primary sulfonamides is 1. The van der Waals surface area contributed by atoms with Crippen molar-refractivity contribution >= 4 is 15.9 Å². The number of amides is 1. The largest absolute Gasteiger partial charge is 0.352 e. The minimum absolute atomic E-state index is 0.0288. The zero-order chi connectivity index (χ0) is 16.4. The lowest BCUT2D eigenvalue weighted by Crippen LogP contribution is -2.24. The predicted octanol–water partition coefficient (Wildman–Crippen LogP) is 1.75. The van der Waals surface area contributed by atoms with Crippen LogP contribution in [0.1, 0.15) is 23.5 Å². The van der Waals surface area contributed by atoms with Gasteiger partial charge in [0.25, 0.3) is 0 Å². The molecule has 0 radical (unpaired) electrons. The van der Waals surface area contributed by atoms with Crippen molar-refractivity contribution in [3.05, 3.63) is 65.7 Å². The second kappa shape index (κ2) is 6.14. The van der Waals surface area contributed by atoms with E-state index >= 15 is 0 Å². The SMILES string of the molecule is NS(=O)(=O)c1ccc(CNC(=O)[C@H]2C[C@@H]2c2ccccc2)cc1. The van der Waals surface area contributed by atoms with E-state index in [0.717, 1.165) is 12.0 Å². The van der Waals surface area contributed by atoms with Crippen LogP contribution in [0.25, 0.3) is 0 Å². The van der Waals surface area contributed by atoms with Crippen molar-refractivity contribution < 1.29 is 13.2 Å². The van der Waals surface area contributed by atoms with Crippen molar-refractivity contribution in [1.82, 2.24) is 5.32 Å². The highest BCUT2D eigenvalue weighted by Crippen LogP contribution is 2.47. The fourth-order valence-electron chi connectivity index (χ4n) is 2.67. The maximum atomic E-state index is 12.2. The zero-order valence-electron chi connectivity index (χ0n) is 12.5. The Labute approximate surface area is 135 Å². The third kappa shape index (κ3) is 3.78. The van der Waals surface area contributed by atoms with Gasteiger partial charge >= 0.3 is 0 Å². The Balaban J connectivity index is 1.54. The topological polar surface area (TPSA) is 89.3 Å². The van der Waals surface area contributed by atoms with Crippen LogP contribution < -0.4 is 10.5 Å². The molecule has 6 heteroatoms. The Morgan fingerprint density at radius 3 is 2.35 bits per heavy atom. The molecule has 1 fully saturated rings. The number of benzene rings is 2. The summed E-state index contributed by atoms with van der Waals surface area (Å²) in [6.45, 7) is 0.377. The average Bonchev–Trinajstić information content (AvgIpc) is 3.34. The lowest BCUT2D eigenvalue weighted by atomic mass is 10.1. The monoisotopic (exact) mass is 330 g/mol. The lowest BCUT2D eigenvalue weighted by Gasteiger charge is -2.06. The highest BCUT2D eigenvalue weighted by atomic mass is 32.2. The summed E-state index contributed by atoms with van der Waals surface area (Å²) in [4.78, 5) is 12.2. The van der Waals surface area contributed by atoms with Gasteiger partial charge in [0.15, 0.2) is 0 Å². The molecule has 1 saturated carbocycles. The molecule has 0 spiro atoms. The Bertz CT molecular complexity index is 801. The highest BCUT2D eigenvalue weighted by Gasteiger charge is 2.43. The normalized spacial score (nSPS) is 20.0. The number of hydrogen-bond acceptors (Lipinski definition) is 3. The summed E-state index contributed by atoms with van der Waals surface area (Å²) in [6.07, 6.45) is 0.875. The molecule has 1 amide bonds. The van der Waals surface area contributed by atoms with Gasteiger partial charge in [-0.1, -0.05) is 42.5 Å². The van der Waals surface area contributed by atoms with Crippen LogP contribution in [-0.2, 0) is 21.4 Å². The first-order chi connectivity index (χ1) is 10.9. The van der Waals surface area contributed by atoms with E-state index in [0.29, 0.717) is 12.5 Å². The van der Waals surface area contributed by atoms with Crippen molar-refractivity contribution in [2.24, 2.45) is 11.1 Å². The Morgan fingerprint density at radius 1 is 1.09 bits per heavy atom. The molecule has 0 aliphatic heterocycles. The maximum absolute atomic E-state index is 12.2. The molecule has 0 bridgehead atoms. The van der Waals surface area contributed by atoms with Gasteiger partial charge in [0, 0.05) is 12.5 Å². The van der Waals surface area contributed by atoms with Gasteiger partial charge in [-0.15, -0.1) is 0 Å². The summed E-state index contributed by atoms with van der Waals surface area (Å²) in [5, 5.41) is 7.95. The number of hydrogen-bond donors (Lipinski definition) is 2. The van der Waals surface area contributed by atoms with Crippen LogP contribution in [0.4, 0.5) is 0 Å². The smallest absolute Gasteiger partial charge is 0.238 e. The van der Waals surface area contributed by atoms with Crippen molar-refractivity contribution in [2.75, 3.05) is 0 Å². The molecule has 0 heterocycles. The zero-order valence-corrected chi connectivity index (χ0v) is 13.3. The van der Waals surface area contributed by atoms with Gasteiger partial charge in [-0.05, 0) is 35.6 Å². The molecule has 2 aromatic rings. The second-order valence-corrected chi connectivity index (χ2v) is 7.33. The Kier molecular flexibility index (Phi) is 4.19. The van der Waals surface area contributed by atoms with Gasteiger partial charge in [-0.2, -0.15) is 0 Å². The number of rotatable bonds is 5. The first kappa shape index (κ1) is 15.7. The van der Waals surface area contributed by atoms with Crippen molar-refractivity contribution in [1.29, 1.82) is 0 Å². The molecular weight excluding hydrogens is 312 g/mol. The molecule has 5 nitrogen and oxygen atoms in total. The van der Waals surface area contributed by atoms with Crippen LogP contribution in [0.15, 0.2) is 59.5 Å². The van der Waals surface area contributed by atoms with E-state index in [4.69, 9.17) is 5.14 Å². The molecule has 0 unspecified atom stereocenters. The minimum Gasteiger partial charge on any atom is -0.352 e. The maximum Gasteiger partial charge on any atom is 0.238 e. The third-order valence-electron chi connectivity index (χ3n) is 4.07. The molecule has 2 atom stereocenters. The summed E-state index contributed by atoms with van der Waals surface area (Å²) < 4.78 is 22.4. The van der Waals surface area contributed by atoms with E-state index in [2.05, 4.69) is 5.32 Å². The number of carbonyl (C=O) groups excluding carboxylic acids is 1. The Morgan fingerprint density at radius 2 is 1.74 bits per heavy atom. The van der Waals surface area contributed by atoms with E-state index in [-0.39, 0.29) is 16.7 Å². The predicted molar refractivity (Wildman–Crippen MR) is 87.0 cm³/mol. The molecule has 3 rings (SSSR count). The van der Waals surface area contributed by atoms with Gasteiger partial charge < -0.3 is 5.32 Å². The minimum atomic E-state index is -3.68. The molecular formula is C17H18N2O3S. The van der Waals surface area contributed by atoms with Crippen LogP contribution in [0.5, 0.6) is 0 Å². The lowest BCUT2D eigenvalue weighted by molar-refractivity contribution is -0.122. The molecule has 1 aliphatic rings. The summed E-state index contributed by atoms with van der Waals surface area (Å²) in [5.74, 6) is 0.372. The summed E-state index contributed by atoms with van der Waals surface area (Å²) in [7, 11) is -3.68. The molecule has 23 heavy (non-hydrogen) atoms. The van der Waals surface area contributed by atoms with Gasteiger partial charge in [-0.3, -0.25) is 4.79 Å². The van der Waals surface area contributed by atoms with Gasteiger partial charge in [0.2, 0.25) is 15.9 Å². The van der Waals surface area contributed by atoms with Crippen LogP contribution >= 0.6 is 0 Å². The first-order valence-corrected chi connectivity index (χ1v) is 8.94. The Hall–Kier alpha value is -2.18. The fraction of sp³-hybridized carbons (Fsp3) is 0.235. The molecule has 0 saturated heterocycles. The highest BCUT2D eigenvalue weighted by molar-refractivity contribution is 7.89. The molecule has 1 aliphatic carbocycles. The molecule has 120 valence electrons. The van der Waals surface area contributed by atoms with Crippen LogP contribution in [0.3, 0.4) is 0 Å². The first-order valence-electron chi connectivity index (χ1n) is 7.39. The van der Waals surface area contributed by atoms with Gasteiger partial charge in [0.1, 0.15) is 0 Å². The summed E-state index contributed by atoms with van der Waals surface area (Å²) in [6, 6.07) is 16.2. The average molecular weight is 330 g/mol. The second-order valence-electron chi connectivity index (χ2n) is 5.77. The van der Waals surface area contributed by atoms with E-state index in [1.807, 2.05) is 30.3 Å². The fourth-order valence-corrected chi connectivity index (χ4v) is 3.19. The van der Waals surface area contributed by atoms with Gasteiger partial charge in [-0.25, -0.2) is 13.6 Å². The summed E-state index contributed by atoms with van der Waals surface area (Å²) >= 11 is 0. The van der Waals surface area contributed by atoms with Crippen LogP contribution in [0, 0.1) is 5.92 Å². The molecule has 3 N–H and O–H groups in total. The van der Waals surface area contributed by atoms with E-state index in [1.165, 1.54) is 17.7 Å². The molecule has 2 aromatic carbocycles. The number of nitrogens with two attached hydrogens (primary N) is 1. The van der Waals surface area contributed by atoms with E-state index in [1.54, 1.807) is 12.1 Å². The van der Waals surface area contributed by atoms with Crippen molar-refractivity contribution in [3.63, 3.8) is 0 Å². The van der Waals surface area contributed by atoms with Crippen LogP contribution in [-0.4, -0.2) is 14.3 Å². The van der Waals surface area contributed by atoms with E-state index < -0.39 is 10.0 Å². The summed E-state index contributed by atoms with van der Waals surface area (Å²) in [5.41, 5.74) is 2.04. The molecule has 0 aromatic heterocycles. The number of sulfonamides is 1. The van der Waals surface area contributed by atoms with Crippen molar-refractivity contribution in [3.8, 4) is 0 Å². The van der Waals surface area contributed by atoms with Gasteiger partial charge in [0.05, 0.1) is 4.90 Å². The van der Waals surface area contributed by atoms with Crippen LogP contribution in [0.2, 0.25) is 0 Å². The number of carbonyl (C=O) groups is 1.